The summed E-state index contributed by atoms with van der Waals surface area (Å²) >= 11 is 0. The summed E-state index contributed by atoms with van der Waals surface area (Å²) in [6.07, 6.45) is 2.06. The Balaban J connectivity index is 2.20. The van der Waals surface area contributed by atoms with Gasteiger partial charge in [0.2, 0.25) is 5.91 Å². The molecule has 3 rings (SSSR count). The minimum Gasteiger partial charge on any atom is -0.464 e. The van der Waals surface area contributed by atoms with Gasteiger partial charge in [0, 0.05) is 25.0 Å². The lowest BCUT2D eigenvalue weighted by atomic mass is 10.0. The second-order valence-corrected chi connectivity index (χ2v) is 4.89. The van der Waals surface area contributed by atoms with Crippen LogP contribution in [-0.4, -0.2) is 24.9 Å². The van der Waals surface area contributed by atoms with Crippen molar-refractivity contribution in [2.24, 2.45) is 0 Å². The summed E-state index contributed by atoms with van der Waals surface area (Å²) in [4.78, 5) is 13.5. The summed E-state index contributed by atoms with van der Waals surface area (Å²) in [6.45, 7) is 0. The lowest BCUT2D eigenvalue weighted by Crippen LogP contribution is -2.23. The minimum atomic E-state index is 0.0793. The van der Waals surface area contributed by atoms with Crippen LogP contribution in [0.4, 0.5) is 0 Å². The normalized spacial score (nSPS) is 11.1. The van der Waals surface area contributed by atoms with Crippen molar-refractivity contribution in [2.45, 2.75) is 6.42 Å². The third kappa shape index (κ3) is 1.97. The first kappa shape index (κ1) is 11.8. The predicted octanol–water partition coefficient (Wildman–Crippen LogP) is 3.22. The number of hydrogen-bond donors (Lipinski definition) is 0. The van der Waals surface area contributed by atoms with E-state index in [1.807, 2.05) is 24.3 Å². The highest BCUT2D eigenvalue weighted by Gasteiger charge is 2.13. The molecule has 0 bridgehead atoms. The van der Waals surface area contributed by atoms with E-state index in [9.17, 15) is 4.79 Å². The van der Waals surface area contributed by atoms with Gasteiger partial charge in [-0.2, -0.15) is 0 Å². The van der Waals surface area contributed by atoms with Crippen LogP contribution in [0.3, 0.4) is 0 Å². The first-order valence-corrected chi connectivity index (χ1v) is 6.25. The number of rotatable bonds is 2. The number of hydrogen-bond acceptors (Lipinski definition) is 2. The van der Waals surface area contributed by atoms with Crippen molar-refractivity contribution in [3.05, 3.63) is 48.2 Å². The minimum absolute atomic E-state index is 0.0793. The molecular formula is C16H15NO2. The lowest BCUT2D eigenvalue weighted by molar-refractivity contribution is -0.127. The molecule has 0 saturated carbocycles. The van der Waals surface area contributed by atoms with E-state index < -0.39 is 0 Å². The molecule has 19 heavy (non-hydrogen) atoms. The van der Waals surface area contributed by atoms with Crippen LogP contribution in [0.1, 0.15) is 5.56 Å². The van der Waals surface area contributed by atoms with Crippen LogP contribution in [0.15, 0.2) is 47.1 Å². The molecule has 3 heteroatoms. The number of fused-ring (bicyclic) bond motifs is 3. The van der Waals surface area contributed by atoms with Gasteiger partial charge < -0.3 is 9.32 Å². The second-order valence-electron chi connectivity index (χ2n) is 4.89. The van der Waals surface area contributed by atoms with Crippen molar-refractivity contribution in [1.29, 1.82) is 0 Å². The van der Waals surface area contributed by atoms with Gasteiger partial charge >= 0.3 is 0 Å². The smallest absolute Gasteiger partial charge is 0.226 e. The monoisotopic (exact) mass is 253 g/mol. The van der Waals surface area contributed by atoms with E-state index in [1.54, 1.807) is 25.3 Å². The largest absolute Gasteiger partial charge is 0.464 e. The molecule has 0 unspecified atom stereocenters. The molecular weight excluding hydrogens is 238 g/mol. The van der Waals surface area contributed by atoms with Crippen molar-refractivity contribution >= 4 is 27.6 Å². The highest BCUT2D eigenvalue weighted by Crippen LogP contribution is 2.30. The van der Waals surface area contributed by atoms with Gasteiger partial charge in [0.1, 0.15) is 5.58 Å². The van der Waals surface area contributed by atoms with Crippen molar-refractivity contribution in [1.82, 2.24) is 4.90 Å². The van der Waals surface area contributed by atoms with Gasteiger partial charge in [-0.05, 0) is 16.8 Å². The molecule has 1 amide bonds. The Labute approximate surface area is 111 Å². The van der Waals surface area contributed by atoms with Crippen molar-refractivity contribution in [2.75, 3.05) is 14.1 Å². The average Bonchev–Trinajstić information content (AvgIpc) is 2.82. The average molecular weight is 253 g/mol. The van der Waals surface area contributed by atoms with Crippen LogP contribution < -0.4 is 0 Å². The van der Waals surface area contributed by atoms with Gasteiger partial charge in [-0.3, -0.25) is 4.79 Å². The summed E-state index contributed by atoms with van der Waals surface area (Å²) in [5, 5.41) is 3.35. The Morgan fingerprint density at radius 1 is 1.16 bits per heavy atom. The third-order valence-electron chi connectivity index (χ3n) is 3.38. The van der Waals surface area contributed by atoms with Gasteiger partial charge in [0.15, 0.2) is 0 Å². The fourth-order valence-corrected chi connectivity index (χ4v) is 2.33. The fourth-order valence-electron chi connectivity index (χ4n) is 2.33. The predicted molar refractivity (Wildman–Crippen MR) is 76.1 cm³/mol. The number of likely N-dealkylation sites (N-methyl/N-ethyl adjacent to an activating group) is 1. The molecule has 0 aliphatic heterocycles. The quantitative estimate of drug-likeness (QED) is 0.702. The Kier molecular flexibility index (Phi) is 2.75. The number of amides is 1. The molecule has 0 aliphatic carbocycles. The van der Waals surface area contributed by atoms with Crippen LogP contribution in [0.2, 0.25) is 0 Å². The van der Waals surface area contributed by atoms with Crippen LogP contribution >= 0.6 is 0 Å². The zero-order valence-corrected chi connectivity index (χ0v) is 11.0. The zero-order valence-electron chi connectivity index (χ0n) is 11.0. The standard InChI is InChI=1S/C16H15NO2/c1-17(2)15(18)9-12-10-19-14-8-7-11-5-3-4-6-13(11)16(12)14/h3-8,10H,9H2,1-2H3. The maximum atomic E-state index is 11.9. The van der Waals surface area contributed by atoms with Crippen molar-refractivity contribution in [3.8, 4) is 0 Å². The Hall–Kier alpha value is -2.29. The molecule has 0 aliphatic rings. The maximum absolute atomic E-state index is 11.9. The van der Waals surface area contributed by atoms with E-state index in [1.165, 1.54) is 0 Å². The van der Waals surface area contributed by atoms with Crippen LogP contribution in [0, 0.1) is 0 Å². The molecule has 2 aromatic carbocycles. The zero-order chi connectivity index (χ0) is 13.4. The van der Waals surface area contributed by atoms with E-state index in [2.05, 4.69) is 12.1 Å². The topological polar surface area (TPSA) is 33.5 Å². The van der Waals surface area contributed by atoms with Gasteiger partial charge in [0.25, 0.3) is 0 Å². The molecule has 0 N–H and O–H groups in total. The van der Waals surface area contributed by atoms with Gasteiger partial charge in [-0.25, -0.2) is 0 Å². The summed E-state index contributed by atoms with van der Waals surface area (Å²) in [6, 6.07) is 12.2. The third-order valence-corrected chi connectivity index (χ3v) is 3.38. The molecule has 0 spiro atoms. The van der Waals surface area contributed by atoms with Crippen molar-refractivity contribution in [3.63, 3.8) is 0 Å². The number of carbonyl (C=O) groups is 1. The number of benzene rings is 2. The van der Waals surface area contributed by atoms with Gasteiger partial charge in [-0.15, -0.1) is 0 Å². The fraction of sp³-hybridized carbons (Fsp3) is 0.188. The first-order chi connectivity index (χ1) is 9.16. The molecule has 3 nitrogen and oxygen atoms in total. The molecule has 0 saturated heterocycles. The SMILES string of the molecule is CN(C)C(=O)Cc1coc2ccc3ccccc3c12. The molecule has 1 aromatic heterocycles. The van der Waals surface area contributed by atoms with E-state index in [-0.39, 0.29) is 5.91 Å². The highest BCUT2D eigenvalue weighted by atomic mass is 16.3. The highest BCUT2D eigenvalue weighted by molar-refractivity contribution is 6.08. The van der Waals surface area contributed by atoms with E-state index in [0.29, 0.717) is 6.42 Å². The summed E-state index contributed by atoms with van der Waals surface area (Å²) in [5.41, 5.74) is 1.78. The molecule has 96 valence electrons. The summed E-state index contributed by atoms with van der Waals surface area (Å²) < 4.78 is 5.57. The van der Waals surface area contributed by atoms with E-state index in [0.717, 1.165) is 27.3 Å². The Morgan fingerprint density at radius 2 is 1.95 bits per heavy atom. The molecule has 1 heterocycles. The lowest BCUT2D eigenvalue weighted by Gasteiger charge is -2.09. The molecule has 0 radical (unpaired) electrons. The van der Waals surface area contributed by atoms with Gasteiger partial charge in [0.05, 0.1) is 12.7 Å². The number of furan rings is 1. The molecule has 3 aromatic rings. The number of nitrogens with zero attached hydrogens (tertiary/aromatic N) is 1. The molecule has 0 fully saturated rings. The first-order valence-electron chi connectivity index (χ1n) is 6.25. The Morgan fingerprint density at radius 3 is 2.74 bits per heavy atom. The second kappa shape index (κ2) is 4.43. The maximum Gasteiger partial charge on any atom is 0.226 e. The van der Waals surface area contributed by atoms with Crippen molar-refractivity contribution < 1.29 is 9.21 Å². The number of carbonyl (C=O) groups excluding carboxylic acids is 1. The Bertz CT molecular complexity index is 756. The van der Waals surface area contributed by atoms with Crippen LogP contribution in [-0.2, 0) is 11.2 Å². The van der Waals surface area contributed by atoms with Crippen LogP contribution in [0.25, 0.3) is 21.7 Å². The van der Waals surface area contributed by atoms with E-state index in [4.69, 9.17) is 4.42 Å². The van der Waals surface area contributed by atoms with Gasteiger partial charge in [-0.1, -0.05) is 30.3 Å². The van der Waals surface area contributed by atoms with Crippen LogP contribution in [0.5, 0.6) is 0 Å². The summed E-state index contributed by atoms with van der Waals surface area (Å²) in [5.74, 6) is 0.0793. The molecule has 0 atom stereocenters. The summed E-state index contributed by atoms with van der Waals surface area (Å²) in [7, 11) is 3.53. The van der Waals surface area contributed by atoms with E-state index >= 15 is 0 Å².